The Morgan fingerprint density at radius 1 is 1.27 bits per heavy atom. The van der Waals surface area contributed by atoms with E-state index in [0.717, 1.165) is 18.4 Å². The maximum atomic E-state index is 10.7. The van der Waals surface area contributed by atoms with Crippen molar-refractivity contribution in [2.75, 3.05) is 0 Å². The zero-order valence-electron chi connectivity index (χ0n) is 8.93. The van der Waals surface area contributed by atoms with Gasteiger partial charge in [0.25, 0.3) is 0 Å². The molecule has 0 aliphatic carbocycles. The molecular weight excluding hydrogens is 212 g/mol. The molecule has 0 amide bonds. The summed E-state index contributed by atoms with van der Waals surface area (Å²) in [5.41, 5.74) is 1.07. The van der Waals surface area contributed by atoms with Crippen LogP contribution in [-0.4, -0.2) is 13.0 Å². The first kappa shape index (κ1) is 12.2. The van der Waals surface area contributed by atoms with Gasteiger partial charge in [-0.3, -0.25) is 0 Å². The van der Waals surface area contributed by atoms with E-state index in [1.54, 1.807) is 12.1 Å². The minimum atomic E-state index is -4.31. The van der Waals surface area contributed by atoms with Crippen molar-refractivity contribution in [2.24, 2.45) is 0 Å². The largest absolute Gasteiger partial charge is 0.744 e. The van der Waals surface area contributed by atoms with E-state index in [4.69, 9.17) is 0 Å². The first-order valence-corrected chi connectivity index (χ1v) is 6.42. The Kier molecular flexibility index (Phi) is 3.88. The SMILES string of the molecule is CCCC(C)c1ccc(S(=O)(=O)[O-])cc1. The summed E-state index contributed by atoms with van der Waals surface area (Å²) in [4.78, 5) is -0.157. The van der Waals surface area contributed by atoms with Crippen molar-refractivity contribution in [1.82, 2.24) is 0 Å². The lowest BCUT2D eigenvalue weighted by Gasteiger charge is -2.12. The topological polar surface area (TPSA) is 57.2 Å². The summed E-state index contributed by atoms with van der Waals surface area (Å²) < 4.78 is 32.1. The van der Waals surface area contributed by atoms with E-state index >= 15 is 0 Å². The summed E-state index contributed by atoms with van der Waals surface area (Å²) in [6.07, 6.45) is 2.15. The van der Waals surface area contributed by atoms with E-state index in [0.29, 0.717) is 5.92 Å². The molecule has 0 bridgehead atoms. The first-order valence-electron chi connectivity index (χ1n) is 5.01. The highest BCUT2D eigenvalue weighted by atomic mass is 32.2. The van der Waals surface area contributed by atoms with E-state index < -0.39 is 10.1 Å². The molecule has 0 aliphatic heterocycles. The molecule has 0 spiro atoms. The van der Waals surface area contributed by atoms with Crippen LogP contribution in [0.1, 0.15) is 38.2 Å². The first-order chi connectivity index (χ1) is 6.95. The third kappa shape index (κ3) is 3.32. The second kappa shape index (κ2) is 4.77. The van der Waals surface area contributed by atoms with E-state index in [9.17, 15) is 13.0 Å². The van der Waals surface area contributed by atoms with Gasteiger partial charge in [-0.15, -0.1) is 0 Å². The smallest absolute Gasteiger partial charge is 0.124 e. The van der Waals surface area contributed by atoms with Gasteiger partial charge in [0.2, 0.25) is 0 Å². The van der Waals surface area contributed by atoms with Crippen LogP contribution in [0.3, 0.4) is 0 Å². The van der Waals surface area contributed by atoms with Gasteiger partial charge in [-0.25, -0.2) is 8.42 Å². The van der Waals surface area contributed by atoms with Gasteiger partial charge in [0.05, 0.1) is 4.90 Å². The summed E-state index contributed by atoms with van der Waals surface area (Å²) in [6.45, 7) is 4.19. The molecule has 84 valence electrons. The summed E-state index contributed by atoms with van der Waals surface area (Å²) in [7, 11) is -4.31. The van der Waals surface area contributed by atoms with Gasteiger partial charge >= 0.3 is 0 Å². The van der Waals surface area contributed by atoms with Crippen molar-refractivity contribution in [1.29, 1.82) is 0 Å². The van der Waals surface area contributed by atoms with Crippen LogP contribution < -0.4 is 0 Å². The zero-order valence-corrected chi connectivity index (χ0v) is 9.75. The van der Waals surface area contributed by atoms with Crippen LogP contribution in [0.2, 0.25) is 0 Å². The molecular formula is C11H15O3S-. The number of hydrogen-bond donors (Lipinski definition) is 0. The van der Waals surface area contributed by atoms with Crippen LogP contribution >= 0.6 is 0 Å². The highest BCUT2D eigenvalue weighted by molar-refractivity contribution is 7.85. The van der Waals surface area contributed by atoms with Gasteiger partial charge in [0.15, 0.2) is 0 Å². The van der Waals surface area contributed by atoms with Crippen LogP contribution in [0.15, 0.2) is 29.2 Å². The highest BCUT2D eigenvalue weighted by Crippen LogP contribution is 2.21. The lowest BCUT2D eigenvalue weighted by molar-refractivity contribution is 0.463. The molecule has 4 heteroatoms. The molecule has 1 aromatic rings. The van der Waals surface area contributed by atoms with Crippen LogP contribution in [0.5, 0.6) is 0 Å². The summed E-state index contributed by atoms with van der Waals surface area (Å²) in [6, 6.07) is 6.18. The van der Waals surface area contributed by atoms with Crippen LogP contribution in [0.25, 0.3) is 0 Å². The maximum Gasteiger partial charge on any atom is 0.124 e. The fraction of sp³-hybridized carbons (Fsp3) is 0.455. The Labute approximate surface area is 90.9 Å². The molecule has 0 saturated heterocycles. The lowest BCUT2D eigenvalue weighted by Crippen LogP contribution is -1.99. The van der Waals surface area contributed by atoms with E-state index in [1.807, 2.05) is 0 Å². The lowest BCUT2D eigenvalue weighted by atomic mass is 9.97. The Bertz CT molecular complexity index is 406. The molecule has 0 heterocycles. The second-order valence-corrected chi connectivity index (χ2v) is 5.09. The maximum absolute atomic E-state index is 10.7. The molecule has 0 saturated carbocycles. The zero-order chi connectivity index (χ0) is 11.5. The third-order valence-electron chi connectivity index (χ3n) is 2.46. The molecule has 0 fully saturated rings. The third-order valence-corrected chi connectivity index (χ3v) is 3.31. The van der Waals surface area contributed by atoms with Crippen molar-refractivity contribution >= 4 is 10.1 Å². The standard InChI is InChI=1S/C11H16O3S/c1-3-4-9(2)10-5-7-11(8-6-10)15(12,13)14/h5-9H,3-4H2,1-2H3,(H,12,13,14)/p-1. The number of rotatable bonds is 4. The quantitative estimate of drug-likeness (QED) is 0.742. The minimum absolute atomic E-state index is 0.157. The van der Waals surface area contributed by atoms with Crippen molar-refractivity contribution in [3.8, 4) is 0 Å². The predicted molar refractivity (Wildman–Crippen MR) is 57.7 cm³/mol. The predicted octanol–water partition coefficient (Wildman–Crippen LogP) is 2.49. The summed E-state index contributed by atoms with van der Waals surface area (Å²) >= 11 is 0. The molecule has 0 aliphatic rings. The monoisotopic (exact) mass is 227 g/mol. The Hall–Kier alpha value is -0.870. The fourth-order valence-electron chi connectivity index (χ4n) is 1.56. The van der Waals surface area contributed by atoms with Crippen molar-refractivity contribution < 1.29 is 13.0 Å². The molecule has 3 nitrogen and oxygen atoms in total. The van der Waals surface area contributed by atoms with Gasteiger partial charge in [-0.05, 0) is 30.0 Å². The van der Waals surface area contributed by atoms with Gasteiger partial charge in [0, 0.05) is 0 Å². The Morgan fingerprint density at radius 3 is 2.20 bits per heavy atom. The minimum Gasteiger partial charge on any atom is -0.744 e. The number of hydrogen-bond acceptors (Lipinski definition) is 3. The van der Waals surface area contributed by atoms with Crippen LogP contribution in [0, 0.1) is 0 Å². The summed E-state index contributed by atoms with van der Waals surface area (Å²) in [5, 5.41) is 0. The molecule has 1 atom stereocenters. The average Bonchev–Trinajstić information content (AvgIpc) is 2.17. The molecule has 1 rings (SSSR count). The van der Waals surface area contributed by atoms with Gasteiger partial charge in [-0.2, -0.15) is 0 Å². The molecule has 0 N–H and O–H groups in total. The Balaban J connectivity index is 2.90. The van der Waals surface area contributed by atoms with Crippen molar-refractivity contribution in [3.63, 3.8) is 0 Å². The molecule has 1 unspecified atom stereocenters. The van der Waals surface area contributed by atoms with Crippen molar-refractivity contribution in [3.05, 3.63) is 29.8 Å². The van der Waals surface area contributed by atoms with Crippen LogP contribution in [0.4, 0.5) is 0 Å². The molecule has 0 radical (unpaired) electrons. The molecule has 0 aromatic heterocycles. The van der Waals surface area contributed by atoms with Crippen molar-refractivity contribution in [2.45, 2.75) is 37.5 Å². The van der Waals surface area contributed by atoms with Crippen LogP contribution in [-0.2, 0) is 10.1 Å². The molecule has 1 aromatic carbocycles. The Morgan fingerprint density at radius 2 is 1.80 bits per heavy atom. The fourth-order valence-corrected chi connectivity index (χ4v) is 2.03. The molecule has 15 heavy (non-hydrogen) atoms. The van der Waals surface area contributed by atoms with E-state index in [-0.39, 0.29) is 4.90 Å². The number of benzene rings is 1. The van der Waals surface area contributed by atoms with E-state index in [1.165, 1.54) is 12.1 Å². The normalized spacial score (nSPS) is 13.8. The highest BCUT2D eigenvalue weighted by Gasteiger charge is 2.05. The summed E-state index contributed by atoms with van der Waals surface area (Å²) in [5.74, 6) is 0.401. The average molecular weight is 227 g/mol. The van der Waals surface area contributed by atoms with Gasteiger partial charge < -0.3 is 4.55 Å². The van der Waals surface area contributed by atoms with E-state index in [2.05, 4.69) is 13.8 Å². The second-order valence-electron chi connectivity index (χ2n) is 3.71. The van der Waals surface area contributed by atoms with Gasteiger partial charge in [0.1, 0.15) is 10.1 Å². The van der Waals surface area contributed by atoms with Gasteiger partial charge in [-0.1, -0.05) is 32.4 Å².